The van der Waals surface area contributed by atoms with Crippen molar-refractivity contribution < 1.29 is 24.2 Å². The van der Waals surface area contributed by atoms with Crippen LogP contribution in [0.25, 0.3) is 0 Å². The quantitative estimate of drug-likeness (QED) is 0.776. The van der Waals surface area contributed by atoms with Crippen LogP contribution in [-0.4, -0.2) is 40.8 Å². The van der Waals surface area contributed by atoms with Gasteiger partial charge >= 0.3 is 5.97 Å². The summed E-state index contributed by atoms with van der Waals surface area (Å²) >= 11 is 0. The number of rotatable bonds is 2. The van der Waals surface area contributed by atoms with Crippen molar-refractivity contribution in [2.24, 2.45) is 0 Å². The van der Waals surface area contributed by atoms with Gasteiger partial charge in [0.05, 0.1) is 24.2 Å². The van der Waals surface area contributed by atoms with Gasteiger partial charge in [0, 0.05) is 12.8 Å². The standard InChI is InChI=1S/C12H16O5/c13-8-3-4-12-6-9(8)16-10(12)2-1-7(17-12)5-11(14)15/h7,9-10H,1-6H2,(H,14,15)/t7?,9-,10?,12?/m1/s1. The lowest BCUT2D eigenvalue weighted by atomic mass is 9.78. The third-order valence-corrected chi connectivity index (χ3v) is 4.15. The summed E-state index contributed by atoms with van der Waals surface area (Å²) in [5, 5.41) is 8.81. The normalized spacial score (nSPS) is 44.5. The van der Waals surface area contributed by atoms with Gasteiger partial charge in [0.2, 0.25) is 0 Å². The van der Waals surface area contributed by atoms with Gasteiger partial charge in [-0.3, -0.25) is 9.59 Å². The van der Waals surface area contributed by atoms with Crippen molar-refractivity contribution in [3.63, 3.8) is 0 Å². The zero-order valence-electron chi connectivity index (χ0n) is 9.55. The number of carbonyl (C=O) groups is 2. The van der Waals surface area contributed by atoms with Crippen molar-refractivity contribution in [2.45, 2.75) is 62.4 Å². The molecule has 2 bridgehead atoms. The lowest BCUT2D eigenvalue weighted by Gasteiger charge is -2.42. The first-order valence-corrected chi connectivity index (χ1v) is 6.17. The van der Waals surface area contributed by atoms with E-state index in [0.29, 0.717) is 25.7 Å². The molecule has 17 heavy (non-hydrogen) atoms. The molecule has 3 fully saturated rings. The fraction of sp³-hybridized carbons (Fsp3) is 0.833. The SMILES string of the molecule is O=C(O)CC1CCC2O[C@@H]3CC2(CCC3=O)O1. The average molecular weight is 240 g/mol. The van der Waals surface area contributed by atoms with Crippen LogP contribution in [0.3, 0.4) is 0 Å². The Morgan fingerprint density at radius 2 is 2.29 bits per heavy atom. The summed E-state index contributed by atoms with van der Waals surface area (Å²) in [7, 11) is 0. The molecule has 1 saturated carbocycles. The second kappa shape index (κ2) is 3.78. The minimum Gasteiger partial charge on any atom is -0.481 e. The van der Waals surface area contributed by atoms with Crippen LogP contribution in [0.1, 0.15) is 38.5 Å². The Labute approximate surface area is 99.1 Å². The van der Waals surface area contributed by atoms with Gasteiger partial charge < -0.3 is 14.6 Å². The Kier molecular flexibility index (Phi) is 2.48. The Bertz CT molecular complexity index is 366. The monoisotopic (exact) mass is 240 g/mol. The largest absolute Gasteiger partial charge is 0.481 e. The van der Waals surface area contributed by atoms with Gasteiger partial charge in [-0.15, -0.1) is 0 Å². The molecule has 0 aromatic carbocycles. The summed E-state index contributed by atoms with van der Waals surface area (Å²) in [6, 6.07) is 0. The Morgan fingerprint density at radius 1 is 1.47 bits per heavy atom. The first kappa shape index (κ1) is 11.2. The number of carboxylic acids is 1. The van der Waals surface area contributed by atoms with Gasteiger partial charge in [-0.05, 0) is 19.3 Å². The van der Waals surface area contributed by atoms with E-state index in [4.69, 9.17) is 14.6 Å². The summed E-state index contributed by atoms with van der Waals surface area (Å²) in [5.41, 5.74) is -0.378. The molecule has 0 aromatic heterocycles. The third-order valence-electron chi connectivity index (χ3n) is 4.15. The molecule has 1 spiro atoms. The maximum Gasteiger partial charge on any atom is 0.305 e. The van der Waals surface area contributed by atoms with E-state index in [2.05, 4.69) is 0 Å². The van der Waals surface area contributed by atoms with E-state index >= 15 is 0 Å². The Hall–Kier alpha value is -0.940. The van der Waals surface area contributed by atoms with Gasteiger partial charge in [0.15, 0.2) is 5.78 Å². The van der Waals surface area contributed by atoms with Crippen molar-refractivity contribution in [3.05, 3.63) is 0 Å². The van der Waals surface area contributed by atoms with Crippen LogP contribution in [-0.2, 0) is 19.1 Å². The van der Waals surface area contributed by atoms with E-state index in [9.17, 15) is 9.59 Å². The molecular weight excluding hydrogens is 224 g/mol. The zero-order valence-corrected chi connectivity index (χ0v) is 9.55. The Balaban J connectivity index is 1.76. The molecular formula is C12H16O5. The van der Waals surface area contributed by atoms with Gasteiger partial charge in [0.1, 0.15) is 6.10 Å². The summed E-state index contributed by atoms with van der Waals surface area (Å²) in [4.78, 5) is 22.3. The van der Waals surface area contributed by atoms with Crippen molar-refractivity contribution in [3.8, 4) is 0 Å². The molecule has 3 unspecified atom stereocenters. The van der Waals surface area contributed by atoms with E-state index < -0.39 is 5.97 Å². The molecule has 4 atom stereocenters. The minimum absolute atomic E-state index is 0.0102. The summed E-state index contributed by atoms with van der Waals surface area (Å²) < 4.78 is 11.7. The van der Waals surface area contributed by atoms with E-state index in [1.807, 2.05) is 0 Å². The van der Waals surface area contributed by atoms with E-state index in [-0.39, 0.29) is 36.1 Å². The second-order valence-electron chi connectivity index (χ2n) is 5.26. The van der Waals surface area contributed by atoms with Crippen LogP contribution in [0.15, 0.2) is 0 Å². The number of carboxylic acid groups (broad SMARTS) is 1. The third kappa shape index (κ3) is 1.77. The molecule has 5 heteroatoms. The van der Waals surface area contributed by atoms with Crippen LogP contribution in [0.4, 0.5) is 0 Å². The minimum atomic E-state index is -0.827. The first-order valence-electron chi connectivity index (χ1n) is 6.17. The molecule has 1 N–H and O–H groups in total. The number of aliphatic carboxylic acids is 1. The maximum absolute atomic E-state index is 11.6. The number of hydrogen-bond acceptors (Lipinski definition) is 4. The molecule has 0 radical (unpaired) electrons. The second-order valence-corrected chi connectivity index (χ2v) is 5.26. The smallest absolute Gasteiger partial charge is 0.305 e. The summed E-state index contributed by atoms with van der Waals surface area (Å²) in [6.45, 7) is 0. The molecule has 3 rings (SSSR count). The number of ketones is 1. The predicted molar refractivity (Wildman–Crippen MR) is 56.6 cm³/mol. The van der Waals surface area contributed by atoms with Crippen molar-refractivity contribution >= 4 is 11.8 Å². The zero-order chi connectivity index (χ0) is 12.0. The van der Waals surface area contributed by atoms with Crippen LogP contribution >= 0.6 is 0 Å². The number of carbonyl (C=O) groups excluding carboxylic acids is 1. The Morgan fingerprint density at radius 3 is 3.06 bits per heavy atom. The van der Waals surface area contributed by atoms with Crippen LogP contribution in [0.5, 0.6) is 0 Å². The highest BCUT2D eigenvalue weighted by Crippen LogP contribution is 2.48. The molecule has 5 nitrogen and oxygen atoms in total. The molecule has 2 saturated heterocycles. The highest BCUT2D eigenvalue weighted by atomic mass is 16.6. The van der Waals surface area contributed by atoms with Crippen molar-refractivity contribution in [1.82, 2.24) is 0 Å². The molecule has 94 valence electrons. The van der Waals surface area contributed by atoms with Gasteiger partial charge in [0.25, 0.3) is 0 Å². The van der Waals surface area contributed by atoms with Crippen molar-refractivity contribution in [1.29, 1.82) is 0 Å². The van der Waals surface area contributed by atoms with E-state index in [1.165, 1.54) is 0 Å². The van der Waals surface area contributed by atoms with Crippen LogP contribution in [0, 0.1) is 0 Å². The van der Waals surface area contributed by atoms with E-state index in [1.54, 1.807) is 0 Å². The van der Waals surface area contributed by atoms with Gasteiger partial charge in [-0.1, -0.05) is 0 Å². The fourth-order valence-electron chi connectivity index (χ4n) is 3.34. The number of hydrogen-bond donors (Lipinski definition) is 1. The molecule has 2 heterocycles. The molecule has 0 amide bonds. The van der Waals surface area contributed by atoms with Crippen LogP contribution in [0.2, 0.25) is 0 Å². The number of fused-ring (bicyclic) bond motifs is 1. The lowest BCUT2D eigenvalue weighted by Crippen LogP contribution is -2.49. The topological polar surface area (TPSA) is 72.8 Å². The maximum atomic E-state index is 11.6. The molecule has 3 aliphatic rings. The summed E-state index contributed by atoms with van der Waals surface area (Å²) in [6.07, 6.45) is 2.83. The fourth-order valence-corrected chi connectivity index (χ4v) is 3.34. The average Bonchev–Trinajstić information content (AvgIpc) is 2.58. The molecule has 2 aliphatic heterocycles. The first-order chi connectivity index (χ1) is 8.09. The van der Waals surface area contributed by atoms with Crippen LogP contribution < -0.4 is 0 Å². The molecule has 0 aromatic rings. The lowest BCUT2D eigenvalue weighted by molar-refractivity contribution is -0.174. The van der Waals surface area contributed by atoms with Gasteiger partial charge in [-0.25, -0.2) is 0 Å². The van der Waals surface area contributed by atoms with Gasteiger partial charge in [-0.2, -0.15) is 0 Å². The number of ether oxygens (including phenoxy) is 2. The highest BCUT2D eigenvalue weighted by molar-refractivity contribution is 5.84. The van der Waals surface area contributed by atoms with E-state index in [0.717, 1.165) is 6.42 Å². The number of Topliss-reactive ketones (excluding diaryl/α,β-unsaturated/α-hetero) is 1. The predicted octanol–water partition coefficient (Wildman–Crippen LogP) is 0.899. The highest BCUT2D eigenvalue weighted by Gasteiger charge is 2.57. The molecule has 1 aliphatic carbocycles. The van der Waals surface area contributed by atoms with Crippen molar-refractivity contribution in [2.75, 3.05) is 0 Å². The summed E-state index contributed by atoms with van der Waals surface area (Å²) in [5.74, 6) is -0.657.